The van der Waals surface area contributed by atoms with E-state index in [-0.39, 0.29) is 18.4 Å². The second-order valence-corrected chi connectivity index (χ2v) is 10.0. The van der Waals surface area contributed by atoms with E-state index in [9.17, 15) is 9.59 Å². The summed E-state index contributed by atoms with van der Waals surface area (Å²) in [6.45, 7) is 9.88. The molecule has 1 fully saturated rings. The van der Waals surface area contributed by atoms with Crippen LogP contribution in [0, 0.1) is 11.8 Å². The highest BCUT2D eigenvalue weighted by Gasteiger charge is 2.33. The standard InChI is InChI=1S/C29H37NO5/c1-21-25(18-16-23-13-9-6-10-14-23)24(17-15-22-11-7-5-8-12-22)19-33-20-26(27(31)34-21)30-28(32)35-29(2,3)4/h5-14,24-26H,1,15-20H2,2-4H3,(H,30,32)/t24-,25?,26-/m0/s1. The molecule has 0 radical (unpaired) electrons. The molecule has 6 nitrogen and oxygen atoms in total. The highest BCUT2D eigenvalue weighted by molar-refractivity contribution is 5.82. The first-order chi connectivity index (χ1) is 16.7. The van der Waals surface area contributed by atoms with Crippen LogP contribution in [0.25, 0.3) is 0 Å². The van der Waals surface area contributed by atoms with Crippen LogP contribution in [0.5, 0.6) is 0 Å². The van der Waals surface area contributed by atoms with E-state index in [2.05, 4.69) is 36.2 Å². The van der Waals surface area contributed by atoms with Gasteiger partial charge in [0, 0.05) is 5.92 Å². The Kier molecular flexibility index (Phi) is 9.49. The fourth-order valence-electron chi connectivity index (χ4n) is 4.26. The molecule has 35 heavy (non-hydrogen) atoms. The van der Waals surface area contributed by atoms with Gasteiger partial charge in [-0.3, -0.25) is 0 Å². The highest BCUT2D eigenvalue weighted by Crippen LogP contribution is 2.31. The minimum Gasteiger partial charge on any atom is -0.444 e. The number of hydrogen-bond acceptors (Lipinski definition) is 5. The van der Waals surface area contributed by atoms with Gasteiger partial charge in [0.15, 0.2) is 6.04 Å². The second kappa shape index (κ2) is 12.5. The maximum atomic E-state index is 12.9. The maximum Gasteiger partial charge on any atom is 0.408 e. The largest absolute Gasteiger partial charge is 0.444 e. The average Bonchev–Trinajstić information content (AvgIpc) is 2.85. The molecule has 0 aliphatic carbocycles. The normalized spacial score (nSPS) is 21.3. The molecule has 188 valence electrons. The van der Waals surface area contributed by atoms with E-state index in [1.54, 1.807) is 20.8 Å². The topological polar surface area (TPSA) is 73.9 Å². The van der Waals surface area contributed by atoms with Crippen molar-refractivity contribution in [1.29, 1.82) is 0 Å². The number of ether oxygens (including phenoxy) is 3. The monoisotopic (exact) mass is 479 g/mol. The van der Waals surface area contributed by atoms with Gasteiger partial charge >= 0.3 is 12.1 Å². The Morgan fingerprint density at radius 1 is 0.971 bits per heavy atom. The zero-order valence-electron chi connectivity index (χ0n) is 21.0. The molecule has 2 aromatic carbocycles. The van der Waals surface area contributed by atoms with Gasteiger partial charge in [-0.2, -0.15) is 0 Å². The lowest BCUT2D eigenvalue weighted by molar-refractivity contribution is -0.143. The number of carbonyl (C=O) groups is 2. The van der Waals surface area contributed by atoms with Crippen molar-refractivity contribution < 1.29 is 23.8 Å². The number of esters is 1. The molecule has 1 N–H and O–H groups in total. The highest BCUT2D eigenvalue weighted by atomic mass is 16.6. The summed E-state index contributed by atoms with van der Waals surface area (Å²) >= 11 is 0. The SMILES string of the molecule is C=C1OC(=O)[C@@H](NC(=O)OC(C)(C)C)COC[C@H](CCc2ccccc2)C1CCc1ccccc1. The van der Waals surface area contributed by atoms with Crippen LogP contribution in [0.3, 0.4) is 0 Å². The van der Waals surface area contributed by atoms with Crippen LogP contribution in [0.15, 0.2) is 73.0 Å². The fourth-order valence-corrected chi connectivity index (χ4v) is 4.26. The number of rotatable bonds is 7. The van der Waals surface area contributed by atoms with Gasteiger partial charge in [0.05, 0.1) is 13.2 Å². The summed E-state index contributed by atoms with van der Waals surface area (Å²) < 4.78 is 17.0. The number of nitrogens with one attached hydrogen (secondary N) is 1. The van der Waals surface area contributed by atoms with Crippen molar-refractivity contribution in [3.05, 3.63) is 84.1 Å². The lowest BCUT2D eigenvalue weighted by atomic mass is 9.82. The summed E-state index contributed by atoms with van der Waals surface area (Å²) in [4.78, 5) is 25.2. The number of amides is 1. The van der Waals surface area contributed by atoms with Crippen molar-refractivity contribution in [2.24, 2.45) is 11.8 Å². The van der Waals surface area contributed by atoms with Gasteiger partial charge < -0.3 is 19.5 Å². The van der Waals surface area contributed by atoms with E-state index >= 15 is 0 Å². The molecule has 3 atom stereocenters. The van der Waals surface area contributed by atoms with Gasteiger partial charge in [-0.05, 0) is 63.5 Å². The van der Waals surface area contributed by atoms with Crippen LogP contribution < -0.4 is 5.32 Å². The molecule has 0 aromatic heterocycles. The van der Waals surface area contributed by atoms with Crippen molar-refractivity contribution in [1.82, 2.24) is 5.32 Å². The summed E-state index contributed by atoms with van der Waals surface area (Å²) in [7, 11) is 0. The number of allylic oxidation sites excluding steroid dienone is 1. The van der Waals surface area contributed by atoms with Gasteiger partial charge in [0.2, 0.25) is 0 Å². The second-order valence-electron chi connectivity index (χ2n) is 10.0. The Hall–Kier alpha value is -3.12. The molecular weight excluding hydrogens is 442 g/mol. The zero-order valence-corrected chi connectivity index (χ0v) is 21.0. The van der Waals surface area contributed by atoms with Crippen LogP contribution in [0.4, 0.5) is 4.79 Å². The first kappa shape index (κ1) is 26.5. The molecule has 0 saturated carbocycles. The van der Waals surface area contributed by atoms with Gasteiger partial charge in [0.25, 0.3) is 0 Å². The summed E-state index contributed by atoms with van der Waals surface area (Å²) in [5.41, 5.74) is 1.79. The molecule has 2 aromatic rings. The minimum atomic E-state index is -0.968. The number of benzene rings is 2. The molecule has 1 saturated heterocycles. The summed E-state index contributed by atoms with van der Waals surface area (Å²) in [5.74, 6) is -0.123. The first-order valence-corrected chi connectivity index (χ1v) is 12.3. The maximum absolute atomic E-state index is 12.9. The lowest BCUT2D eigenvalue weighted by Crippen LogP contribution is -2.46. The molecule has 1 unspecified atom stereocenters. The predicted octanol–water partition coefficient (Wildman–Crippen LogP) is 5.46. The Morgan fingerprint density at radius 3 is 2.11 bits per heavy atom. The quantitative estimate of drug-likeness (QED) is 0.534. The van der Waals surface area contributed by atoms with Crippen LogP contribution in [-0.2, 0) is 31.8 Å². The summed E-state index contributed by atoms with van der Waals surface area (Å²) in [6, 6.07) is 19.6. The molecule has 1 heterocycles. The average molecular weight is 480 g/mol. The predicted molar refractivity (Wildman–Crippen MR) is 136 cm³/mol. The Balaban J connectivity index is 1.73. The van der Waals surface area contributed by atoms with Crippen LogP contribution in [0.2, 0.25) is 0 Å². The molecule has 0 spiro atoms. The number of carbonyl (C=O) groups excluding carboxylic acids is 2. The van der Waals surface area contributed by atoms with E-state index in [4.69, 9.17) is 14.2 Å². The lowest BCUT2D eigenvalue weighted by Gasteiger charge is -2.27. The van der Waals surface area contributed by atoms with E-state index in [0.29, 0.717) is 12.4 Å². The molecule has 6 heteroatoms. The van der Waals surface area contributed by atoms with Gasteiger partial charge in [-0.15, -0.1) is 0 Å². The van der Waals surface area contributed by atoms with Crippen molar-refractivity contribution >= 4 is 12.1 Å². The van der Waals surface area contributed by atoms with Gasteiger partial charge in [-0.25, -0.2) is 9.59 Å². The third-order valence-corrected chi connectivity index (χ3v) is 6.04. The number of aryl methyl sites for hydroxylation is 2. The Labute approximate surface area is 208 Å². The fraction of sp³-hybridized carbons (Fsp3) is 0.448. The summed E-state index contributed by atoms with van der Waals surface area (Å²) in [6.07, 6.45) is 2.68. The van der Waals surface area contributed by atoms with Crippen LogP contribution in [-0.4, -0.2) is 36.9 Å². The van der Waals surface area contributed by atoms with Gasteiger partial charge in [-0.1, -0.05) is 67.2 Å². The Morgan fingerprint density at radius 2 is 1.54 bits per heavy atom. The van der Waals surface area contributed by atoms with E-state index < -0.39 is 23.7 Å². The molecular formula is C29H37NO5. The van der Waals surface area contributed by atoms with Crippen molar-refractivity contribution in [3.8, 4) is 0 Å². The molecule has 1 amide bonds. The molecule has 1 aliphatic rings. The zero-order chi connectivity index (χ0) is 25.3. The molecule has 3 rings (SSSR count). The minimum absolute atomic E-state index is 0.0125. The Bertz CT molecular complexity index is 968. The number of cyclic esters (lactones) is 1. The van der Waals surface area contributed by atoms with Crippen molar-refractivity contribution in [3.63, 3.8) is 0 Å². The smallest absolute Gasteiger partial charge is 0.408 e. The third-order valence-electron chi connectivity index (χ3n) is 6.04. The summed E-state index contributed by atoms with van der Waals surface area (Å²) in [5, 5.41) is 2.58. The van der Waals surface area contributed by atoms with Crippen LogP contribution >= 0.6 is 0 Å². The molecule has 1 aliphatic heterocycles. The number of alkyl carbamates (subject to hydrolysis) is 1. The van der Waals surface area contributed by atoms with E-state index in [0.717, 1.165) is 25.7 Å². The van der Waals surface area contributed by atoms with E-state index in [1.807, 2.05) is 36.4 Å². The molecule has 0 bridgehead atoms. The van der Waals surface area contributed by atoms with Crippen molar-refractivity contribution in [2.45, 2.75) is 58.1 Å². The third kappa shape index (κ3) is 8.87. The first-order valence-electron chi connectivity index (χ1n) is 12.3. The van der Waals surface area contributed by atoms with Crippen LogP contribution in [0.1, 0.15) is 44.7 Å². The number of hydrogen-bond donors (Lipinski definition) is 1. The van der Waals surface area contributed by atoms with Crippen molar-refractivity contribution in [2.75, 3.05) is 13.2 Å². The van der Waals surface area contributed by atoms with Gasteiger partial charge in [0.1, 0.15) is 11.4 Å². The van der Waals surface area contributed by atoms with E-state index in [1.165, 1.54) is 11.1 Å².